The number of halogens is 3. The number of hydrogen-bond donors (Lipinski definition) is 0. The van der Waals surface area contributed by atoms with Crippen LogP contribution in [0, 0.1) is 13.0 Å². The van der Waals surface area contributed by atoms with E-state index >= 15 is 0 Å². The Balaban J connectivity index is 2.60. The average molecular weight is 424 g/mol. The topological polar surface area (TPSA) is 0 Å². The zero-order valence-electron chi connectivity index (χ0n) is 7.68. The molecule has 0 N–H and O–H groups in total. The zero-order valence-corrected chi connectivity index (χ0v) is 12.0. The first-order valence-corrected chi connectivity index (χ1v) is 6.54. The zero-order chi connectivity index (χ0) is 10.8. The third-order valence-corrected chi connectivity index (χ3v) is 3.93. The Labute approximate surface area is 115 Å². The van der Waals surface area contributed by atoms with E-state index in [1.54, 1.807) is 6.07 Å². The summed E-state index contributed by atoms with van der Waals surface area (Å²) in [6, 6.07) is 13.0. The van der Waals surface area contributed by atoms with E-state index in [4.69, 9.17) is 0 Å². The van der Waals surface area contributed by atoms with Crippen molar-refractivity contribution in [3.8, 4) is 11.1 Å². The van der Waals surface area contributed by atoms with Gasteiger partial charge in [-0.15, -0.1) is 0 Å². The predicted octanol–water partition coefficient (Wildman–Crippen LogP) is 4.70. The van der Waals surface area contributed by atoms with Gasteiger partial charge in [-0.2, -0.15) is 0 Å². The highest BCUT2D eigenvalue weighted by Crippen LogP contribution is 2.29. The van der Waals surface area contributed by atoms with Gasteiger partial charge in [0.25, 0.3) is 0 Å². The summed E-state index contributed by atoms with van der Waals surface area (Å²) in [6.07, 6.45) is 0. The second-order valence-corrected chi connectivity index (χ2v) is 5.43. The lowest BCUT2D eigenvalue weighted by atomic mass is 10.1. The SMILES string of the molecule is Fc1ccc(-c2ccccc2I)c(I)c1. The van der Waals surface area contributed by atoms with Crippen LogP contribution < -0.4 is 0 Å². The van der Waals surface area contributed by atoms with Crippen molar-refractivity contribution in [1.82, 2.24) is 0 Å². The molecule has 2 rings (SSSR count). The fourth-order valence-corrected chi connectivity index (χ4v) is 2.83. The van der Waals surface area contributed by atoms with Crippen molar-refractivity contribution >= 4 is 45.2 Å². The molecule has 0 heterocycles. The van der Waals surface area contributed by atoms with Gasteiger partial charge in [-0.3, -0.25) is 0 Å². The van der Waals surface area contributed by atoms with Gasteiger partial charge < -0.3 is 0 Å². The molecule has 15 heavy (non-hydrogen) atoms. The Hall–Kier alpha value is -0.170. The molecule has 76 valence electrons. The predicted molar refractivity (Wildman–Crippen MR) is 77.3 cm³/mol. The standard InChI is InChI=1S/C12H7FI2/c13-8-5-6-10(12(15)7-8)9-3-1-2-4-11(9)14/h1-7H. The lowest BCUT2D eigenvalue weighted by molar-refractivity contribution is 0.627. The fourth-order valence-electron chi connectivity index (χ4n) is 1.39. The third kappa shape index (κ3) is 2.50. The maximum atomic E-state index is 13.0. The molecule has 3 heteroatoms. The molecule has 0 atom stereocenters. The maximum absolute atomic E-state index is 13.0. The van der Waals surface area contributed by atoms with Gasteiger partial charge in [0.2, 0.25) is 0 Å². The van der Waals surface area contributed by atoms with Crippen LogP contribution in [0.4, 0.5) is 4.39 Å². The van der Waals surface area contributed by atoms with Crippen LogP contribution in [0.25, 0.3) is 11.1 Å². The van der Waals surface area contributed by atoms with Crippen LogP contribution in [0.15, 0.2) is 42.5 Å². The molecule has 0 aliphatic heterocycles. The van der Waals surface area contributed by atoms with Gasteiger partial charge in [-0.25, -0.2) is 4.39 Å². The molecule has 0 nitrogen and oxygen atoms in total. The van der Waals surface area contributed by atoms with Crippen LogP contribution in [-0.4, -0.2) is 0 Å². The molecular formula is C12H7FI2. The third-order valence-electron chi connectivity index (χ3n) is 2.10. The summed E-state index contributed by atoms with van der Waals surface area (Å²) in [5.41, 5.74) is 2.24. The molecule has 0 saturated carbocycles. The van der Waals surface area contributed by atoms with Crippen LogP contribution in [0.1, 0.15) is 0 Å². The molecule has 0 aromatic heterocycles. The molecule has 0 fully saturated rings. The molecule has 0 bridgehead atoms. The first-order chi connectivity index (χ1) is 7.18. The van der Waals surface area contributed by atoms with Gasteiger partial charge in [0.1, 0.15) is 5.82 Å². The summed E-state index contributed by atoms with van der Waals surface area (Å²) in [6.45, 7) is 0. The highest BCUT2D eigenvalue weighted by molar-refractivity contribution is 14.1. The molecule has 0 unspecified atom stereocenters. The van der Waals surface area contributed by atoms with E-state index < -0.39 is 0 Å². The highest BCUT2D eigenvalue weighted by atomic mass is 127. The molecule has 0 radical (unpaired) electrons. The van der Waals surface area contributed by atoms with Crippen molar-refractivity contribution in [2.24, 2.45) is 0 Å². The lowest BCUT2D eigenvalue weighted by Gasteiger charge is -2.06. The number of rotatable bonds is 1. The minimum Gasteiger partial charge on any atom is -0.207 e. The Morgan fingerprint density at radius 3 is 2.13 bits per heavy atom. The minimum atomic E-state index is -0.186. The monoisotopic (exact) mass is 424 g/mol. The highest BCUT2D eigenvalue weighted by Gasteiger charge is 2.06. The van der Waals surface area contributed by atoms with Gasteiger partial charge in [0, 0.05) is 7.14 Å². The summed E-state index contributed by atoms with van der Waals surface area (Å²) < 4.78 is 15.1. The second-order valence-electron chi connectivity index (χ2n) is 3.10. The molecule has 2 aromatic carbocycles. The quantitative estimate of drug-likeness (QED) is 0.583. The summed E-state index contributed by atoms with van der Waals surface area (Å²) in [5.74, 6) is -0.186. The van der Waals surface area contributed by atoms with E-state index in [9.17, 15) is 4.39 Å². The van der Waals surface area contributed by atoms with Gasteiger partial charge in [-0.05, 0) is 74.5 Å². The van der Waals surface area contributed by atoms with E-state index in [0.29, 0.717) is 0 Å². The first kappa shape index (κ1) is 11.3. The molecule has 0 amide bonds. The van der Waals surface area contributed by atoms with Crippen molar-refractivity contribution < 1.29 is 4.39 Å². The first-order valence-electron chi connectivity index (χ1n) is 4.38. The van der Waals surface area contributed by atoms with Crippen LogP contribution in [0.2, 0.25) is 0 Å². The van der Waals surface area contributed by atoms with E-state index in [1.807, 2.05) is 18.2 Å². The van der Waals surface area contributed by atoms with Crippen molar-refractivity contribution in [2.45, 2.75) is 0 Å². The lowest BCUT2D eigenvalue weighted by Crippen LogP contribution is -1.87. The van der Waals surface area contributed by atoms with Crippen LogP contribution >= 0.6 is 45.2 Å². The van der Waals surface area contributed by atoms with Gasteiger partial charge in [0.15, 0.2) is 0 Å². The van der Waals surface area contributed by atoms with Gasteiger partial charge in [0.05, 0.1) is 0 Å². The number of hydrogen-bond acceptors (Lipinski definition) is 0. The Morgan fingerprint density at radius 2 is 1.47 bits per heavy atom. The largest absolute Gasteiger partial charge is 0.207 e. The molecule has 2 aromatic rings. The molecule has 0 spiro atoms. The van der Waals surface area contributed by atoms with Crippen molar-refractivity contribution in [2.75, 3.05) is 0 Å². The minimum absolute atomic E-state index is 0.186. The Bertz CT molecular complexity index is 495. The second kappa shape index (κ2) is 4.78. The summed E-state index contributed by atoms with van der Waals surface area (Å²) in [7, 11) is 0. The molecular weight excluding hydrogens is 417 g/mol. The van der Waals surface area contributed by atoms with Crippen molar-refractivity contribution in [3.05, 3.63) is 55.4 Å². The Kier molecular flexibility index (Phi) is 3.60. The van der Waals surface area contributed by atoms with Crippen LogP contribution in [-0.2, 0) is 0 Å². The fraction of sp³-hybridized carbons (Fsp3) is 0. The van der Waals surface area contributed by atoms with Gasteiger partial charge in [-0.1, -0.05) is 24.3 Å². The molecule has 0 saturated heterocycles. The summed E-state index contributed by atoms with van der Waals surface area (Å²) in [5, 5.41) is 0. The van der Waals surface area contributed by atoms with E-state index in [-0.39, 0.29) is 5.82 Å². The van der Waals surface area contributed by atoms with Crippen molar-refractivity contribution in [1.29, 1.82) is 0 Å². The maximum Gasteiger partial charge on any atom is 0.124 e. The van der Waals surface area contributed by atoms with E-state index in [2.05, 4.69) is 57.3 Å². The average Bonchev–Trinajstić information content (AvgIpc) is 2.20. The van der Waals surface area contributed by atoms with Crippen LogP contribution in [0.3, 0.4) is 0 Å². The van der Waals surface area contributed by atoms with Crippen LogP contribution in [0.5, 0.6) is 0 Å². The Morgan fingerprint density at radius 1 is 0.800 bits per heavy atom. The van der Waals surface area contributed by atoms with Gasteiger partial charge >= 0.3 is 0 Å². The van der Waals surface area contributed by atoms with E-state index in [0.717, 1.165) is 14.7 Å². The summed E-state index contributed by atoms with van der Waals surface area (Å²) >= 11 is 4.45. The summed E-state index contributed by atoms with van der Waals surface area (Å²) in [4.78, 5) is 0. The van der Waals surface area contributed by atoms with E-state index in [1.165, 1.54) is 9.64 Å². The van der Waals surface area contributed by atoms with Crippen molar-refractivity contribution in [3.63, 3.8) is 0 Å². The molecule has 0 aliphatic rings. The number of benzene rings is 2. The molecule has 0 aliphatic carbocycles. The smallest absolute Gasteiger partial charge is 0.124 e. The normalized spacial score (nSPS) is 10.3.